The molecule has 0 amide bonds. The SMILES string of the molecule is CCCNCc1ccc(N(CC)C(C)CC)cc1Cl. The number of anilines is 1. The van der Waals surface area contributed by atoms with E-state index in [1.165, 1.54) is 11.3 Å². The van der Waals surface area contributed by atoms with E-state index in [2.05, 4.69) is 56.1 Å². The third-order valence-corrected chi connectivity index (χ3v) is 3.93. The number of nitrogens with zero attached hydrogens (tertiary/aromatic N) is 1. The summed E-state index contributed by atoms with van der Waals surface area (Å²) < 4.78 is 0. The summed E-state index contributed by atoms with van der Waals surface area (Å²) in [5.74, 6) is 0. The van der Waals surface area contributed by atoms with E-state index in [0.29, 0.717) is 6.04 Å². The minimum absolute atomic E-state index is 0.546. The Kier molecular flexibility index (Phi) is 7.25. The largest absolute Gasteiger partial charge is 0.369 e. The summed E-state index contributed by atoms with van der Waals surface area (Å²) in [6, 6.07) is 6.97. The first-order valence-corrected chi connectivity index (χ1v) is 7.77. The molecule has 0 bridgehead atoms. The summed E-state index contributed by atoms with van der Waals surface area (Å²) >= 11 is 6.39. The van der Waals surface area contributed by atoms with Gasteiger partial charge in [-0.1, -0.05) is 31.5 Å². The summed E-state index contributed by atoms with van der Waals surface area (Å²) in [5.41, 5.74) is 2.40. The predicted molar refractivity (Wildman–Crippen MR) is 86.2 cm³/mol. The maximum Gasteiger partial charge on any atom is 0.0471 e. The Bertz CT molecular complexity index is 379. The molecule has 0 aliphatic rings. The third kappa shape index (κ3) is 4.70. The second-order valence-electron chi connectivity index (χ2n) is 5.00. The maximum absolute atomic E-state index is 6.39. The lowest BCUT2D eigenvalue weighted by Gasteiger charge is -2.30. The van der Waals surface area contributed by atoms with Crippen molar-refractivity contribution in [1.82, 2.24) is 5.32 Å². The molecule has 1 aromatic carbocycles. The number of benzene rings is 1. The first-order chi connectivity index (χ1) is 9.13. The molecule has 1 aromatic rings. The molecule has 0 heterocycles. The quantitative estimate of drug-likeness (QED) is 0.708. The van der Waals surface area contributed by atoms with Crippen LogP contribution in [0.1, 0.15) is 46.1 Å². The number of hydrogen-bond donors (Lipinski definition) is 1. The molecule has 3 heteroatoms. The Balaban J connectivity index is 2.79. The molecule has 0 aliphatic heterocycles. The van der Waals surface area contributed by atoms with E-state index in [4.69, 9.17) is 11.6 Å². The van der Waals surface area contributed by atoms with Crippen LogP contribution in [0.4, 0.5) is 5.69 Å². The third-order valence-electron chi connectivity index (χ3n) is 3.57. The van der Waals surface area contributed by atoms with Gasteiger partial charge in [-0.15, -0.1) is 0 Å². The lowest BCUT2D eigenvalue weighted by atomic mass is 10.1. The lowest BCUT2D eigenvalue weighted by molar-refractivity contribution is 0.629. The first kappa shape index (κ1) is 16.3. The van der Waals surface area contributed by atoms with Crippen molar-refractivity contribution < 1.29 is 0 Å². The smallest absolute Gasteiger partial charge is 0.0471 e. The van der Waals surface area contributed by atoms with Gasteiger partial charge >= 0.3 is 0 Å². The van der Waals surface area contributed by atoms with Crippen molar-refractivity contribution in [3.8, 4) is 0 Å². The fourth-order valence-electron chi connectivity index (χ4n) is 2.23. The molecular weight excluding hydrogens is 256 g/mol. The maximum atomic E-state index is 6.39. The highest BCUT2D eigenvalue weighted by Gasteiger charge is 2.12. The second kappa shape index (κ2) is 8.44. The van der Waals surface area contributed by atoms with Crippen LogP contribution in [-0.4, -0.2) is 19.1 Å². The zero-order valence-electron chi connectivity index (χ0n) is 12.7. The van der Waals surface area contributed by atoms with Crippen molar-refractivity contribution in [2.45, 2.75) is 53.1 Å². The van der Waals surface area contributed by atoms with Gasteiger partial charge in [-0.25, -0.2) is 0 Å². The molecular formula is C16H27ClN2. The highest BCUT2D eigenvalue weighted by molar-refractivity contribution is 6.31. The Morgan fingerprint density at radius 2 is 2.00 bits per heavy atom. The van der Waals surface area contributed by atoms with Crippen LogP contribution < -0.4 is 10.2 Å². The van der Waals surface area contributed by atoms with E-state index < -0.39 is 0 Å². The summed E-state index contributed by atoms with van der Waals surface area (Å²) in [4.78, 5) is 2.40. The molecule has 108 valence electrons. The van der Waals surface area contributed by atoms with E-state index in [1.807, 2.05) is 0 Å². The Morgan fingerprint density at radius 3 is 2.53 bits per heavy atom. The topological polar surface area (TPSA) is 15.3 Å². The van der Waals surface area contributed by atoms with Crippen LogP contribution in [0.25, 0.3) is 0 Å². The van der Waals surface area contributed by atoms with Gasteiger partial charge in [-0.3, -0.25) is 0 Å². The van der Waals surface area contributed by atoms with E-state index in [9.17, 15) is 0 Å². The molecule has 0 saturated heterocycles. The van der Waals surface area contributed by atoms with Crippen LogP contribution in [0.15, 0.2) is 18.2 Å². The molecule has 2 nitrogen and oxygen atoms in total. The molecule has 0 saturated carbocycles. The molecule has 19 heavy (non-hydrogen) atoms. The van der Waals surface area contributed by atoms with E-state index >= 15 is 0 Å². The molecule has 1 rings (SSSR count). The highest BCUT2D eigenvalue weighted by atomic mass is 35.5. The molecule has 0 aliphatic carbocycles. The molecule has 1 atom stereocenters. The van der Waals surface area contributed by atoms with Gasteiger partial charge < -0.3 is 10.2 Å². The summed E-state index contributed by atoms with van der Waals surface area (Å²) in [5, 5.41) is 4.25. The van der Waals surface area contributed by atoms with E-state index in [1.54, 1.807) is 0 Å². The van der Waals surface area contributed by atoms with Crippen LogP contribution in [0.2, 0.25) is 5.02 Å². The van der Waals surface area contributed by atoms with Gasteiger partial charge in [0.15, 0.2) is 0 Å². The standard InChI is InChI=1S/C16H27ClN2/c1-5-10-18-12-14-8-9-15(11-16(14)17)19(7-3)13(4)6-2/h8-9,11,13,18H,5-7,10,12H2,1-4H3. The van der Waals surface area contributed by atoms with Gasteiger partial charge in [0.1, 0.15) is 0 Å². The predicted octanol–water partition coefficient (Wildman–Crippen LogP) is 4.46. The van der Waals surface area contributed by atoms with Crippen molar-refractivity contribution in [3.63, 3.8) is 0 Å². The van der Waals surface area contributed by atoms with Gasteiger partial charge in [0.25, 0.3) is 0 Å². The van der Waals surface area contributed by atoms with Gasteiger partial charge in [0.2, 0.25) is 0 Å². The minimum atomic E-state index is 0.546. The molecule has 0 fully saturated rings. The fourth-order valence-corrected chi connectivity index (χ4v) is 2.47. The summed E-state index contributed by atoms with van der Waals surface area (Å²) in [7, 11) is 0. The number of rotatable bonds is 8. The van der Waals surface area contributed by atoms with Crippen molar-refractivity contribution >= 4 is 17.3 Å². The molecule has 0 aromatic heterocycles. The van der Waals surface area contributed by atoms with Gasteiger partial charge in [0.05, 0.1) is 0 Å². The van der Waals surface area contributed by atoms with Crippen LogP contribution in [0.3, 0.4) is 0 Å². The second-order valence-corrected chi connectivity index (χ2v) is 5.40. The zero-order chi connectivity index (χ0) is 14.3. The first-order valence-electron chi connectivity index (χ1n) is 7.39. The number of halogens is 1. The zero-order valence-corrected chi connectivity index (χ0v) is 13.4. The summed E-state index contributed by atoms with van der Waals surface area (Å²) in [6.45, 7) is 11.7. The average Bonchev–Trinajstić information content (AvgIpc) is 2.42. The lowest BCUT2D eigenvalue weighted by Crippen LogP contribution is -2.32. The van der Waals surface area contributed by atoms with E-state index in [0.717, 1.165) is 37.5 Å². The highest BCUT2D eigenvalue weighted by Crippen LogP contribution is 2.25. The monoisotopic (exact) mass is 282 g/mol. The Hall–Kier alpha value is -0.730. The van der Waals surface area contributed by atoms with Crippen molar-refractivity contribution in [2.75, 3.05) is 18.0 Å². The van der Waals surface area contributed by atoms with Crippen LogP contribution in [-0.2, 0) is 6.54 Å². The van der Waals surface area contributed by atoms with Gasteiger partial charge in [-0.05, 0) is 50.9 Å². The Morgan fingerprint density at radius 1 is 1.26 bits per heavy atom. The van der Waals surface area contributed by atoms with Crippen molar-refractivity contribution in [3.05, 3.63) is 28.8 Å². The molecule has 1 unspecified atom stereocenters. The van der Waals surface area contributed by atoms with E-state index in [-0.39, 0.29) is 0 Å². The van der Waals surface area contributed by atoms with Gasteiger partial charge in [0, 0.05) is 29.8 Å². The minimum Gasteiger partial charge on any atom is -0.369 e. The average molecular weight is 283 g/mol. The van der Waals surface area contributed by atoms with Crippen molar-refractivity contribution in [2.24, 2.45) is 0 Å². The van der Waals surface area contributed by atoms with Crippen LogP contribution >= 0.6 is 11.6 Å². The normalized spacial score (nSPS) is 12.5. The molecule has 0 radical (unpaired) electrons. The fraction of sp³-hybridized carbons (Fsp3) is 0.625. The summed E-state index contributed by atoms with van der Waals surface area (Å²) in [6.07, 6.45) is 2.29. The Labute approximate surface area is 123 Å². The molecule has 0 spiro atoms. The number of nitrogens with one attached hydrogen (secondary N) is 1. The molecule has 1 N–H and O–H groups in total. The van der Waals surface area contributed by atoms with Crippen LogP contribution in [0, 0.1) is 0 Å². The van der Waals surface area contributed by atoms with Gasteiger partial charge in [-0.2, -0.15) is 0 Å². The number of hydrogen-bond acceptors (Lipinski definition) is 2. The van der Waals surface area contributed by atoms with Crippen molar-refractivity contribution in [1.29, 1.82) is 0 Å². The van der Waals surface area contributed by atoms with Crippen LogP contribution in [0.5, 0.6) is 0 Å².